The van der Waals surface area contributed by atoms with E-state index in [9.17, 15) is 0 Å². The summed E-state index contributed by atoms with van der Waals surface area (Å²) in [6, 6.07) is 8.51. The second kappa shape index (κ2) is 4.25. The largest absolute Gasteiger partial charge is 0.326 e. The topological polar surface area (TPSA) is 49.8 Å². The maximum absolute atomic E-state index is 9.13. The van der Waals surface area contributed by atoms with E-state index in [1.807, 2.05) is 6.07 Å². The zero-order valence-corrected chi connectivity index (χ0v) is 10.3. The number of benzene rings is 1. The summed E-state index contributed by atoms with van der Waals surface area (Å²) in [5.74, 6) is 0.382. The number of fused-ring (bicyclic) bond motifs is 1. The highest BCUT2D eigenvalue weighted by molar-refractivity contribution is 7.19. The fourth-order valence-electron chi connectivity index (χ4n) is 1.94. The Morgan fingerprint density at radius 1 is 1.44 bits per heavy atom. The third kappa shape index (κ3) is 1.71. The van der Waals surface area contributed by atoms with Crippen molar-refractivity contribution < 1.29 is 0 Å². The molecule has 82 valence electrons. The Labute approximate surface area is 99.3 Å². The fourth-order valence-corrected chi connectivity index (χ4v) is 3.16. The number of thiophene rings is 1. The van der Waals surface area contributed by atoms with Crippen LogP contribution >= 0.6 is 11.3 Å². The molecule has 0 aliphatic heterocycles. The van der Waals surface area contributed by atoms with Crippen LogP contribution < -0.4 is 5.73 Å². The molecule has 0 aliphatic carbocycles. The summed E-state index contributed by atoms with van der Waals surface area (Å²) in [7, 11) is 0. The van der Waals surface area contributed by atoms with Crippen molar-refractivity contribution >= 4 is 21.4 Å². The maximum Gasteiger partial charge on any atom is 0.110 e. The van der Waals surface area contributed by atoms with Gasteiger partial charge in [0.05, 0.1) is 0 Å². The van der Waals surface area contributed by atoms with Gasteiger partial charge in [-0.25, -0.2) is 0 Å². The summed E-state index contributed by atoms with van der Waals surface area (Å²) >= 11 is 1.57. The monoisotopic (exact) mass is 230 g/mol. The van der Waals surface area contributed by atoms with Gasteiger partial charge in [-0.3, -0.25) is 0 Å². The zero-order valence-electron chi connectivity index (χ0n) is 9.45. The minimum absolute atomic E-state index is 0.382. The molecule has 0 unspecified atom stereocenters. The lowest BCUT2D eigenvalue weighted by Gasteiger charge is -2.04. The average Bonchev–Trinajstić information content (AvgIpc) is 2.65. The summed E-state index contributed by atoms with van der Waals surface area (Å²) < 4.78 is 1.17. The molecule has 0 fully saturated rings. The van der Waals surface area contributed by atoms with Crippen LogP contribution in [0.15, 0.2) is 18.2 Å². The van der Waals surface area contributed by atoms with Crippen molar-refractivity contribution in [1.82, 2.24) is 0 Å². The number of rotatable bonds is 2. The second-order valence-electron chi connectivity index (χ2n) is 4.15. The Bertz CT molecular complexity index is 561. The van der Waals surface area contributed by atoms with Crippen LogP contribution in [0, 0.1) is 11.3 Å². The maximum atomic E-state index is 9.13. The number of nitriles is 1. The number of nitrogens with zero attached hydrogens (tertiary/aromatic N) is 1. The van der Waals surface area contributed by atoms with Crippen molar-refractivity contribution in [2.24, 2.45) is 5.73 Å². The molecule has 1 heterocycles. The quantitative estimate of drug-likeness (QED) is 0.860. The van der Waals surface area contributed by atoms with E-state index in [-0.39, 0.29) is 0 Å². The van der Waals surface area contributed by atoms with Crippen molar-refractivity contribution in [3.8, 4) is 6.07 Å². The number of hydrogen-bond acceptors (Lipinski definition) is 3. The molecule has 1 aromatic heterocycles. The van der Waals surface area contributed by atoms with Crippen molar-refractivity contribution in [3.63, 3.8) is 0 Å². The molecule has 2 nitrogen and oxygen atoms in total. The molecule has 0 saturated heterocycles. The van der Waals surface area contributed by atoms with Gasteiger partial charge < -0.3 is 5.73 Å². The lowest BCUT2D eigenvalue weighted by Crippen LogP contribution is -1.95. The molecule has 3 heteroatoms. The van der Waals surface area contributed by atoms with Crippen molar-refractivity contribution in [3.05, 3.63) is 34.2 Å². The van der Waals surface area contributed by atoms with Gasteiger partial charge in [-0.2, -0.15) is 5.26 Å². The SMILES string of the molecule is CC(C)c1c(C#N)sc2cc(CN)ccc12. The smallest absolute Gasteiger partial charge is 0.110 e. The number of hydrogen-bond donors (Lipinski definition) is 1. The first-order chi connectivity index (χ1) is 7.67. The lowest BCUT2D eigenvalue weighted by molar-refractivity contribution is 0.877. The first kappa shape index (κ1) is 11.1. The summed E-state index contributed by atoms with van der Waals surface area (Å²) in [6.45, 7) is 4.80. The Hall–Kier alpha value is -1.37. The Balaban J connectivity index is 2.74. The summed E-state index contributed by atoms with van der Waals surface area (Å²) in [5.41, 5.74) is 7.91. The minimum Gasteiger partial charge on any atom is -0.326 e. The Morgan fingerprint density at radius 3 is 2.75 bits per heavy atom. The third-order valence-electron chi connectivity index (χ3n) is 2.71. The highest BCUT2D eigenvalue weighted by atomic mass is 32.1. The molecule has 0 saturated carbocycles. The second-order valence-corrected chi connectivity index (χ2v) is 5.20. The first-order valence-corrected chi connectivity index (χ1v) is 6.14. The van der Waals surface area contributed by atoms with Crippen LogP contribution in [0.4, 0.5) is 0 Å². The van der Waals surface area contributed by atoms with Crippen LogP contribution in [-0.2, 0) is 6.54 Å². The van der Waals surface area contributed by atoms with Gasteiger partial charge in [-0.05, 0) is 28.5 Å². The molecule has 16 heavy (non-hydrogen) atoms. The normalized spacial score (nSPS) is 10.9. The predicted molar refractivity (Wildman–Crippen MR) is 68.5 cm³/mol. The zero-order chi connectivity index (χ0) is 11.7. The standard InChI is InChI=1S/C13H14N2S/c1-8(2)13-10-4-3-9(6-14)5-11(10)16-12(13)7-15/h3-5,8H,6,14H2,1-2H3. The van der Waals surface area contributed by atoms with E-state index in [0.717, 1.165) is 10.4 Å². The minimum atomic E-state index is 0.382. The van der Waals surface area contributed by atoms with Gasteiger partial charge in [0, 0.05) is 11.2 Å². The molecule has 2 N–H and O–H groups in total. The van der Waals surface area contributed by atoms with Crippen LogP contribution in [0.5, 0.6) is 0 Å². The fraction of sp³-hybridized carbons (Fsp3) is 0.308. The highest BCUT2D eigenvalue weighted by Crippen LogP contribution is 2.36. The van der Waals surface area contributed by atoms with E-state index in [1.54, 1.807) is 11.3 Å². The van der Waals surface area contributed by atoms with E-state index in [2.05, 4.69) is 32.0 Å². The molecule has 0 spiro atoms. The van der Waals surface area contributed by atoms with E-state index < -0.39 is 0 Å². The molecular formula is C13H14N2S. The molecule has 0 amide bonds. The molecule has 0 atom stereocenters. The molecule has 0 radical (unpaired) electrons. The molecule has 0 bridgehead atoms. The number of nitrogens with two attached hydrogens (primary N) is 1. The highest BCUT2D eigenvalue weighted by Gasteiger charge is 2.14. The van der Waals surface area contributed by atoms with Crippen LogP contribution in [0.25, 0.3) is 10.1 Å². The third-order valence-corrected chi connectivity index (χ3v) is 3.78. The summed E-state index contributed by atoms with van der Waals surface area (Å²) in [6.07, 6.45) is 0. The summed E-state index contributed by atoms with van der Waals surface area (Å²) in [5, 5.41) is 10.3. The molecular weight excluding hydrogens is 216 g/mol. The van der Waals surface area contributed by atoms with Gasteiger partial charge in [-0.15, -0.1) is 11.3 Å². The average molecular weight is 230 g/mol. The Morgan fingerprint density at radius 2 is 2.19 bits per heavy atom. The van der Waals surface area contributed by atoms with Gasteiger partial charge in [0.25, 0.3) is 0 Å². The van der Waals surface area contributed by atoms with Gasteiger partial charge in [-0.1, -0.05) is 26.0 Å². The van der Waals surface area contributed by atoms with Gasteiger partial charge in [0.1, 0.15) is 10.9 Å². The molecule has 1 aromatic carbocycles. The van der Waals surface area contributed by atoms with Crippen molar-refractivity contribution in [1.29, 1.82) is 5.26 Å². The summed E-state index contributed by atoms with van der Waals surface area (Å²) in [4.78, 5) is 0.833. The van der Waals surface area contributed by atoms with Crippen molar-refractivity contribution in [2.45, 2.75) is 26.3 Å². The van der Waals surface area contributed by atoms with E-state index >= 15 is 0 Å². The van der Waals surface area contributed by atoms with E-state index in [4.69, 9.17) is 11.0 Å². The Kier molecular flexibility index (Phi) is 2.95. The van der Waals surface area contributed by atoms with Crippen molar-refractivity contribution in [2.75, 3.05) is 0 Å². The molecule has 2 rings (SSSR count). The van der Waals surface area contributed by atoms with E-state index in [0.29, 0.717) is 12.5 Å². The molecule has 0 aliphatic rings. The van der Waals surface area contributed by atoms with Crippen LogP contribution in [-0.4, -0.2) is 0 Å². The van der Waals surface area contributed by atoms with E-state index in [1.165, 1.54) is 15.6 Å². The lowest BCUT2D eigenvalue weighted by atomic mass is 9.99. The van der Waals surface area contributed by atoms with Gasteiger partial charge >= 0.3 is 0 Å². The molecule has 2 aromatic rings. The first-order valence-electron chi connectivity index (χ1n) is 5.33. The predicted octanol–water partition coefficient (Wildman–Crippen LogP) is 3.36. The van der Waals surface area contributed by atoms with Gasteiger partial charge in [0.15, 0.2) is 0 Å². The van der Waals surface area contributed by atoms with Crippen LogP contribution in [0.2, 0.25) is 0 Å². The van der Waals surface area contributed by atoms with Crippen LogP contribution in [0.1, 0.15) is 35.8 Å². The van der Waals surface area contributed by atoms with Crippen LogP contribution in [0.3, 0.4) is 0 Å². The van der Waals surface area contributed by atoms with Gasteiger partial charge in [0.2, 0.25) is 0 Å².